The van der Waals surface area contributed by atoms with E-state index in [1.807, 2.05) is 20.8 Å². The van der Waals surface area contributed by atoms with Crippen molar-refractivity contribution in [1.29, 1.82) is 0 Å². The topological polar surface area (TPSA) is 155 Å². The lowest BCUT2D eigenvalue weighted by atomic mass is 9.45. The Morgan fingerprint density at radius 2 is 1.52 bits per heavy atom. The fourth-order valence-corrected chi connectivity index (χ4v) is 7.94. The van der Waals surface area contributed by atoms with E-state index in [0.29, 0.717) is 11.1 Å². The van der Waals surface area contributed by atoms with Crippen LogP contribution in [0, 0.1) is 28.6 Å². The minimum Gasteiger partial charge on any atom is -0.466 e. The molecule has 2 bridgehead atoms. The van der Waals surface area contributed by atoms with Gasteiger partial charge in [-0.2, -0.15) is 0 Å². The second kappa shape index (κ2) is 10.2. The molecule has 1 spiro atoms. The summed E-state index contributed by atoms with van der Waals surface area (Å²) in [5.74, 6) is -4.70. The van der Waals surface area contributed by atoms with Gasteiger partial charge in [0.15, 0.2) is 11.9 Å². The first-order valence-corrected chi connectivity index (χ1v) is 13.7. The number of ether oxygens (including phenoxy) is 5. The summed E-state index contributed by atoms with van der Waals surface area (Å²) in [6, 6.07) is 0. The molecular formula is C29H40O11. The van der Waals surface area contributed by atoms with Gasteiger partial charge in [-0.05, 0) is 29.9 Å². The summed E-state index contributed by atoms with van der Waals surface area (Å²) in [5.41, 5.74) is -2.42. The smallest absolute Gasteiger partial charge is 0.303 e. The molecule has 222 valence electrons. The van der Waals surface area contributed by atoms with E-state index in [4.69, 9.17) is 23.7 Å². The highest BCUT2D eigenvalue weighted by molar-refractivity contribution is 5.97. The highest BCUT2D eigenvalue weighted by Crippen LogP contribution is 2.66. The van der Waals surface area contributed by atoms with Crippen LogP contribution in [-0.2, 0) is 47.7 Å². The number of carbonyl (C=O) groups excluding carboxylic acids is 5. The van der Waals surface area contributed by atoms with Crippen LogP contribution in [0.3, 0.4) is 0 Å². The average Bonchev–Trinajstić information content (AvgIpc) is 3.60. The molecule has 1 saturated heterocycles. The number of rotatable bonds is 5. The van der Waals surface area contributed by atoms with E-state index < -0.39 is 82.5 Å². The van der Waals surface area contributed by atoms with Crippen LogP contribution in [0.1, 0.15) is 68.2 Å². The molecule has 4 aliphatic rings. The maximum absolute atomic E-state index is 13.5. The Hall–Kier alpha value is -2.79. The average molecular weight is 565 g/mol. The van der Waals surface area contributed by atoms with Gasteiger partial charge in [0.05, 0.1) is 19.3 Å². The quantitative estimate of drug-likeness (QED) is 0.296. The number of aliphatic hydroxyl groups excluding tert-OH is 1. The number of carbonyl (C=O) groups is 5. The Morgan fingerprint density at radius 1 is 0.950 bits per heavy atom. The van der Waals surface area contributed by atoms with Gasteiger partial charge in [-0.15, -0.1) is 0 Å². The highest BCUT2D eigenvalue weighted by atomic mass is 16.6. The van der Waals surface area contributed by atoms with Gasteiger partial charge in [0.1, 0.15) is 17.8 Å². The third-order valence-corrected chi connectivity index (χ3v) is 9.75. The summed E-state index contributed by atoms with van der Waals surface area (Å²) in [5, 5.41) is 11.5. The highest BCUT2D eigenvalue weighted by Gasteiger charge is 2.76. The monoisotopic (exact) mass is 564 g/mol. The SMILES string of the molecule is CC(=O)OC[C@H]1C[C@H](O)[C@@]2(CO2)[C@H]2[C@H](OC(C)=O)[C@@H]3CC(=O)C(C)=C([C@@H](OC(C)=O)[C@H](OC(C)=O)[C@]12C)C3(C)C. The molecule has 2 saturated carbocycles. The first-order valence-electron chi connectivity index (χ1n) is 13.7. The summed E-state index contributed by atoms with van der Waals surface area (Å²) in [6.45, 7) is 12.3. The number of ketones is 1. The largest absolute Gasteiger partial charge is 0.466 e. The van der Waals surface area contributed by atoms with E-state index >= 15 is 0 Å². The van der Waals surface area contributed by atoms with Gasteiger partial charge in [-0.3, -0.25) is 24.0 Å². The summed E-state index contributed by atoms with van der Waals surface area (Å²) in [6.07, 6.45) is -4.23. The van der Waals surface area contributed by atoms with Crippen molar-refractivity contribution in [2.45, 2.75) is 98.2 Å². The van der Waals surface area contributed by atoms with Crippen LogP contribution in [-0.4, -0.2) is 78.0 Å². The molecule has 1 N–H and O–H groups in total. The molecule has 11 nitrogen and oxygen atoms in total. The normalized spacial score (nSPS) is 39.8. The van der Waals surface area contributed by atoms with Crippen molar-refractivity contribution in [3.63, 3.8) is 0 Å². The Balaban J connectivity index is 2.10. The number of epoxide rings is 1. The summed E-state index contributed by atoms with van der Waals surface area (Å²) >= 11 is 0. The standard InChI is InChI=1S/C29H40O11/c1-13-20(34)10-19-23(38-15(3)31)25-28(8,18(11-36-14(2)30)9-21(35)29(25)12-37-29)26(40-17(5)33)24(39-16(4)32)22(13)27(19,6)7/h18-19,21,23-26,35H,9-12H2,1-8H3/t18-,19+,21+,23-,24-,25+,26+,28-,29+/m1/s1. The zero-order valence-corrected chi connectivity index (χ0v) is 24.4. The minimum atomic E-state index is -1.22. The van der Waals surface area contributed by atoms with Gasteiger partial charge < -0.3 is 28.8 Å². The molecule has 0 aromatic heterocycles. The van der Waals surface area contributed by atoms with Gasteiger partial charge in [0, 0.05) is 57.3 Å². The van der Waals surface area contributed by atoms with Gasteiger partial charge in [0.2, 0.25) is 0 Å². The van der Waals surface area contributed by atoms with E-state index in [1.54, 1.807) is 6.92 Å². The molecular weight excluding hydrogens is 524 g/mol. The van der Waals surface area contributed by atoms with Gasteiger partial charge in [0.25, 0.3) is 0 Å². The van der Waals surface area contributed by atoms with Gasteiger partial charge in [-0.25, -0.2) is 0 Å². The van der Waals surface area contributed by atoms with Crippen molar-refractivity contribution in [3.8, 4) is 0 Å². The van der Waals surface area contributed by atoms with Crippen LogP contribution in [0.15, 0.2) is 11.1 Å². The third-order valence-electron chi connectivity index (χ3n) is 9.75. The van der Waals surface area contributed by atoms with E-state index in [1.165, 1.54) is 27.7 Å². The molecule has 0 amide bonds. The molecule has 4 rings (SSSR count). The fraction of sp³-hybridized carbons (Fsp3) is 0.759. The molecule has 9 atom stereocenters. The zero-order chi connectivity index (χ0) is 29.9. The zero-order valence-electron chi connectivity index (χ0n) is 24.4. The van der Waals surface area contributed by atoms with E-state index in [-0.39, 0.29) is 31.8 Å². The molecule has 3 aliphatic carbocycles. The Labute approximate surface area is 233 Å². The molecule has 1 heterocycles. The molecule has 0 unspecified atom stereocenters. The van der Waals surface area contributed by atoms with Crippen molar-refractivity contribution in [3.05, 3.63) is 11.1 Å². The predicted octanol–water partition coefficient (Wildman–Crippen LogP) is 2.06. The minimum absolute atomic E-state index is 0.0403. The number of hydrogen-bond donors (Lipinski definition) is 1. The predicted molar refractivity (Wildman–Crippen MR) is 137 cm³/mol. The van der Waals surface area contributed by atoms with Gasteiger partial charge >= 0.3 is 23.9 Å². The van der Waals surface area contributed by atoms with E-state index in [0.717, 1.165) is 0 Å². The molecule has 0 aromatic carbocycles. The summed E-state index contributed by atoms with van der Waals surface area (Å²) in [4.78, 5) is 63.4. The Kier molecular flexibility index (Phi) is 7.73. The molecule has 40 heavy (non-hydrogen) atoms. The lowest BCUT2D eigenvalue weighted by molar-refractivity contribution is -0.242. The maximum atomic E-state index is 13.5. The van der Waals surface area contributed by atoms with E-state index in [9.17, 15) is 29.1 Å². The first-order chi connectivity index (χ1) is 18.5. The molecule has 11 heteroatoms. The molecule has 0 radical (unpaired) electrons. The molecule has 1 aliphatic heterocycles. The molecule has 3 fully saturated rings. The maximum Gasteiger partial charge on any atom is 0.303 e. The molecule has 0 aromatic rings. The van der Waals surface area contributed by atoms with Crippen LogP contribution in [0.25, 0.3) is 0 Å². The van der Waals surface area contributed by atoms with Crippen molar-refractivity contribution in [1.82, 2.24) is 0 Å². The van der Waals surface area contributed by atoms with Gasteiger partial charge in [-0.1, -0.05) is 20.8 Å². The van der Waals surface area contributed by atoms with Crippen molar-refractivity contribution in [2.75, 3.05) is 13.2 Å². The number of aliphatic hydroxyl groups is 1. The van der Waals surface area contributed by atoms with Crippen molar-refractivity contribution >= 4 is 29.7 Å². The van der Waals surface area contributed by atoms with Crippen LogP contribution in [0.4, 0.5) is 0 Å². The van der Waals surface area contributed by atoms with Crippen molar-refractivity contribution < 1.29 is 52.8 Å². The first kappa shape index (κ1) is 30.2. The number of allylic oxidation sites excluding steroid dienone is 1. The number of hydrogen-bond acceptors (Lipinski definition) is 11. The number of fused-ring (bicyclic) bond motifs is 4. The second-order valence-corrected chi connectivity index (χ2v) is 12.5. The Morgan fingerprint density at radius 3 is 2.02 bits per heavy atom. The fourth-order valence-electron chi connectivity index (χ4n) is 7.94. The third kappa shape index (κ3) is 4.74. The summed E-state index contributed by atoms with van der Waals surface area (Å²) < 4.78 is 29.5. The number of Topliss-reactive ketones (excluding diaryl/α,β-unsaturated/α-hetero) is 1. The second-order valence-electron chi connectivity index (χ2n) is 12.5. The van der Waals surface area contributed by atoms with Crippen molar-refractivity contribution in [2.24, 2.45) is 28.6 Å². The lowest BCUT2D eigenvalue weighted by Crippen LogP contribution is -2.71. The van der Waals surface area contributed by atoms with Crippen LogP contribution in [0.2, 0.25) is 0 Å². The lowest BCUT2D eigenvalue weighted by Gasteiger charge is -2.62. The summed E-state index contributed by atoms with van der Waals surface area (Å²) in [7, 11) is 0. The number of esters is 4. The van der Waals surface area contributed by atoms with Crippen LogP contribution in [0.5, 0.6) is 0 Å². The van der Waals surface area contributed by atoms with E-state index in [2.05, 4.69) is 0 Å². The van der Waals surface area contributed by atoms with Crippen LogP contribution >= 0.6 is 0 Å². The Bertz CT molecular complexity index is 1150. The van der Waals surface area contributed by atoms with Crippen LogP contribution < -0.4 is 0 Å².